The van der Waals surface area contributed by atoms with Crippen molar-refractivity contribution < 1.29 is 0 Å². The Hall–Kier alpha value is 0.130. The number of pyridine rings is 1. The largest absolute Gasteiger partial charge is 0.255 e. The summed E-state index contributed by atoms with van der Waals surface area (Å²) in [6.45, 7) is 1.96. The molecule has 0 N–H and O–H groups in total. The van der Waals surface area contributed by atoms with Crippen LogP contribution in [0.2, 0.25) is 5.02 Å². The number of halogens is 3. The Balaban J connectivity index is 3.01. The molecule has 1 aromatic heterocycles. The molecule has 0 aliphatic rings. The molecular weight excluding hydrogens is 376 g/mol. The van der Waals surface area contributed by atoms with Crippen LogP contribution in [0.4, 0.5) is 0 Å². The minimum absolute atomic E-state index is 0.778. The van der Waals surface area contributed by atoms with E-state index in [1.165, 1.54) is 0 Å². The fourth-order valence-corrected chi connectivity index (χ4v) is 2.75. The molecule has 0 aliphatic carbocycles. The molecule has 72 valence electrons. The molecule has 1 nitrogen and oxygen atoms in total. The highest BCUT2D eigenvalue weighted by Crippen LogP contribution is 2.33. The summed E-state index contributed by atoms with van der Waals surface area (Å²) in [5.74, 6) is 0. The second-order valence-corrected chi connectivity index (χ2v) is 5.40. The number of hydrogen-bond donors (Lipinski definition) is 0. The number of benzene rings is 1. The summed E-state index contributed by atoms with van der Waals surface area (Å²) >= 11 is 12.0. The van der Waals surface area contributed by atoms with Crippen LogP contribution in [0, 0.1) is 10.5 Å². The van der Waals surface area contributed by atoms with E-state index in [1.807, 2.05) is 19.1 Å². The van der Waals surface area contributed by atoms with Gasteiger partial charge in [0.2, 0.25) is 0 Å². The van der Waals surface area contributed by atoms with E-state index in [1.54, 1.807) is 6.20 Å². The molecule has 0 fully saturated rings. The Kier molecular flexibility index (Phi) is 3.00. The Morgan fingerprint density at radius 1 is 1.43 bits per heavy atom. The van der Waals surface area contributed by atoms with Crippen LogP contribution < -0.4 is 0 Å². The first-order valence-electron chi connectivity index (χ1n) is 4.00. The molecule has 1 aromatic carbocycles. The van der Waals surface area contributed by atoms with Gasteiger partial charge in [0, 0.05) is 19.6 Å². The van der Waals surface area contributed by atoms with E-state index in [0.717, 1.165) is 29.5 Å². The second-order valence-electron chi connectivity index (χ2n) is 3.01. The van der Waals surface area contributed by atoms with Crippen molar-refractivity contribution in [2.45, 2.75) is 6.92 Å². The second kappa shape index (κ2) is 3.94. The maximum atomic E-state index is 6.23. The maximum absolute atomic E-state index is 6.23. The van der Waals surface area contributed by atoms with Gasteiger partial charge in [-0.25, -0.2) is 0 Å². The van der Waals surface area contributed by atoms with Crippen molar-refractivity contribution in [3.8, 4) is 0 Å². The van der Waals surface area contributed by atoms with Crippen LogP contribution in [0.25, 0.3) is 10.9 Å². The number of nitrogens with zero attached hydrogens (tertiary/aromatic N) is 1. The van der Waals surface area contributed by atoms with Crippen LogP contribution in [0.3, 0.4) is 0 Å². The molecule has 14 heavy (non-hydrogen) atoms. The van der Waals surface area contributed by atoms with Crippen LogP contribution in [0.5, 0.6) is 0 Å². The summed E-state index contributed by atoms with van der Waals surface area (Å²) in [4.78, 5) is 4.38. The highest BCUT2D eigenvalue weighted by molar-refractivity contribution is 14.1. The number of rotatable bonds is 0. The summed E-state index contributed by atoms with van der Waals surface area (Å²) in [7, 11) is 0. The van der Waals surface area contributed by atoms with Gasteiger partial charge in [-0.05, 0) is 47.2 Å². The van der Waals surface area contributed by atoms with Gasteiger partial charge in [0.25, 0.3) is 0 Å². The van der Waals surface area contributed by atoms with Gasteiger partial charge < -0.3 is 0 Å². The summed E-state index contributed by atoms with van der Waals surface area (Å²) < 4.78 is 2.11. The average Bonchev–Trinajstić information content (AvgIpc) is 2.16. The van der Waals surface area contributed by atoms with Crippen molar-refractivity contribution in [1.29, 1.82) is 0 Å². The first-order valence-corrected chi connectivity index (χ1v) is 6.25. The molecule has 1 heterocycles. The molecular formula is C10H6BrClIN. The Morgan fingerprint density at radius 3 is 2.86 bits per heavy atom. The Bertz CT molecular complexity index is 513. The molecule has 0 amide bonds. The molecule has 4 heteroatoms. The lowest BCUT2D eigenvalue weighted by molar-refractivity contribution is 1.32. The third-order valence-electron chi connectivity index (χ3n) is 2.03. The molecule has 0 aliphatic heterocycles. The van der Waals surface area contributed by atoms with Crippen LogP contribution in [-0.2, 0) is 0 Å². The summed E-state index contributed by atoms with van der Waals surface area (Å²) in [5.41, 5.74) is 1.96. The van der Waals surface area contributed by atoms with Crippen LogP contribution >= 0.6 is 50.1 Å². The lowest BCUT2D eigenvalue weighted by Crippen LogP contribution is -1.88. The zero-order valence-corrected chi connectivity index (χ0v) is 11.8. The van der Waals surface area contributed by atoms with E-state index in [4.69, 9.17) is 11.6 Å². The molecule has 0 saturated heterocycles. The third kappa shape index (κ3) is 1.66. The lowest BCUT2D eigenvalue weighted by atomic mass is 10.2. The zero-order valence-electron chi connectivity index (χ0n) is 7.31. The van der Waals surface area contributed by atoms with E-state index in [2.05, 4.69) is 43.5 Å². The van der Waals surface area contributed by atoms with E-state index < -0.39 is 0 Å². The normalized spacial score (nSPS) is 10.9. The number of aryl methyl sites for hydroxylation is 1. The minimum atomic E-state index is 0.778. The number of hydrogen-bond acceptors (Lipinski definition) is 1. The van der Waals surface area contributed by atoms with E-state index in [9.17, 15) is 0 Å². The first-order chi connectivity index (χ1) is 6.61. The van der Waals surface area contributed by atoms with Crippen molar-refractivity contribution in [3.63, 3.8) is 0 Å². The Morgan fingerprint density at radius 2 is 2.14 bits per heavy atom. The summed E-state index contributed by atoms with van der Waals surface area (Å²) in [5, 5.41) is 1.78. The topological polar surface area (TPSA) is 12.9 Å². The average molecular weight is 382 g/mol. The van der Waals surface area contributed by atoms with E-state index >= 15 is 0 Å². The zero-order chi connectivity index (χ0) is 10.3. The summed E-state index contributed by atoms with van der Waals surface area (Å²) in [6.07, 6.45) is 1.80. The van der Waals surface area contributed by atoms with E-state index in [-0.39, 0.29) is 0 Å². The standard InChI is InChI=1S/C10H6BrClIN/c1-5-4-14-10-7(13)3-2-6(11)8(10)9(5)12/h2-4H,1H3. The predicted octanol–water partition coefficient (Wildman–Crippen LogP) is 4.56. The van der Waals surface area contributed by atoms with E-state index in [0.29, 0.717) is 0 Å². The number of aromatic nitrogens is 1. The molecule has 0 radical (unpaired) electrons. The highest BCUT2D eigenvalue weighted by atomic mass is 127. The van der Waals surface area contributed by atoms with Crippen LogP contribution in [0.15, 0.2) is 22.8 Å². The van der Waals surface area contributed by atoms with Gasteiger partial charge in [0.15, 0.2) is 0 Å². The van der Waals surface area contributed by atoms with Gasteiger partial charge in [-0.15, -0.1) is 0 Å². The highest BCUT2D eigenvalue weighted by Gasteiger charge is 2.09. The van der Waals surface area contributed by atoms with Gasteiger partial charge in [-0.3, -0.25) is 4.98 Å². The third-order valence-corrected chi connectivity index (χ3v) is 4.05. The molecule has 2 rings (SSSR count). The molecule has 0 atom stereocenters. The molecule has 0 saturated carbocycles. The smallest absolute Gasteiger partial charge is 0.0861 e. The van der Waals surface area contributed by atoms with Crippen molar-refractivity contribution >= 4 is 61.0 Å². The molecule has 2 aromatic rings. The fraction of sp³-hybridized carbons (Fsp3) is 0.100. The monoisotopic (exact) mass is 381 g/mol. The van der Waals surface area contributed by atoms with Gasteiger partial charge in [0.1, 0.15) is 0 Å². The van der Waals surface area contributed by atoms with Gasteiger partial charge in [-0.2, -0.15) is 0 Å². The molecule has 0 unspecified atom stereocenters. The molecule has 0 bridgehead atoms. The maximum Gasteiger partial charge on any atom is 0.0861 e. The van der Waals surface area contributed by atoms with Crippen molar-refractivity contribution in [3.05, 3.63) is 37.0 Å². The predicted molar refractivity (Wildman–Crippen MR) is 71.9 cm³/mol. The Labute approximate surface area is 109 Å². The molecule has 0 spiro atoms. The van der Waals surface area contributed by atoms with Crippen molar-refractivity contribution in [2.75, 3.05) is 0 Å². The van der Waals surface area contributed by atoms with Gasteiger partial charge >= 0.3 is 0 Å². The van der Waals surface area contributed by atoms with Crippen molar-refractivity contribution in [1.82, 2.24) is 4.98 Å². The van der Waals surface area contributed by atoms with Gasteiger partial charge in [0.05, 0.1) is 10.5 Å². The lowest BCUT2D eigenvalue weighted by Gasteiger charge is -2.06. The quantitative estimate of drug-likeness (QED) is 0.609. The van der Waals surface area contributed by atoms with Gasteiger partial charge in [-0.1, -0.05) is 27.5 Å². The SMILES string of the molecule is Cc1cnc2c(I)ccc(Br)c2c1Cl. The number of fused-ring (bicyclic) bond motifs is 1. The first kappa shape index (κ1) is 10.6. The van der Waals surface area contributed by atoms with Crippen molar-refractivity contribution in [2.24, 2.45) is 0 Å². The summed E-state index contributed by atoms with van der Waals surface area (Å²) in [6, 6.07) is 4.02. The van der Waals surface area contributed by atoms with Crippen LogP contribution in [-0.4, -0.2) is 4.98 Å². The van der Waals surface area contributed by atoms with Crippen LogP contribution in [0.1, 0.15) is 5.56 Å². The fourth-order valence-electron chi connectivity index (χ4n) is 1.29. The minimum Gasteiger partial charge on any atom is -0.255 e.